The number of fused-ring (bicyclic) bond motifs is 1. The number of hydrogen-bond acceptors (Lipinski definition) is 4. The van der Waals surface area contributed by atoms with Crippen LogP contribution in [0.1, 0.15) is 53.5 Å². The second-order valence-corrected chi connectivity index (χ2v) is 8.42. The van der Waals surface area contributed by atoms with E-state index in [2.05, 4.69) is 15.3 Å². The van der Waals surface area contributed by atoms with Gasteiger partial charge in [-0.2, -0.15) is 0 Å². The van der Waals surface area contributed by atoms with Gasteiger partial charge in [0.25, 0.3) is 0 Å². The molecule has 7 heteroatoms. The minimum Gasteiger partial charge on any atom is -0.366 e. The van der Waals surface area contributed by atoms with E-state index < -0.39 is 5.91 Å². The van der Waals surface area contributed by atoms with Gasteiger partial charge in [0.1, 0.15) is 5.82 Å². The van der Waals surface area contributed by atoms with Crippen LogP contribution in [0.4, 0.5) is 0 Å². The van der Waals surface area contributed by atoms with Crippen LogP contribution in [0.5, 0.6) is 0 Å². The number of nitrogens with two attached hydrogens (primary N) is 2. The summed E-state index contributed by atoms with van der Waals surface area (Å²) in [4.78, 5) is 32.6. The smallest absolute Gasteiger partial charge is 0.248 e. The molecule has 1 fully saturated rings. The molecule has 4 rings (SSSR count). The molecule has 0 saturated heterocycles. The molecule has 6 N–H and O–H groups in total. The monoisotopic (exact) mass is 419 g/mol. The third-order valence-electron chi connectivity index (χ3n) is 6.27. The Hall–Kier alpha value is -3.19. The Labute approximate surface area is 181 Å². The number of nitrogens with zero attached hydrogens (tertiary/aromatic N) is 1. The largest absolute Gasteiger partial charge is 0.366 e. The highest BCUT2D eigenvalue weighted by molar-refractivity contribution is 5.96. The number of H-pyrrole nitrogens is 1. The zero-order valence-corrected chi connectivity index (χ0v) is 17.5. The molecule has 31 heavy (non-hydrogen) atoms. The zero-order chi connectivity index (χ0) is 21.8. The summed E-state index contributed by atoms with van der Waals surface area (Å²) in [5, 5.41) is 3.23. The molecular weight excluding hydrogens is 390 g/mol. The van der Waals surface area contributed by atoms with Gasteiger partial charge >= 0.3 is 0 Å². The first-order chi connectivity index (χ1) is 15.0. The van der Waals surface area contributed by atoms with Crippen molar-refractivity contribution < 1.29 is 9.59 Å². The van der Waals surface area contributed by atoms with E-state index in [1.54, 1.807) is 18.2 Å². The van der Waals surface area contributed by atoms with Crippen molar-refractivity contribution in [1.82, 2.24) is 15.3 Å². The van der Waals surface area contributed by atoms with E-state index >= 15 is 0 Å². The molecule has 1 unspecified atom stereocenters. The Morgan fingerprint density at radius 3 is 2.52 bits per heavy atom. The van der Waals surface area contributed by atoms with Crippen molar-refractivity contribution in [3.63, 3.8) is 0 Å². The van der Waals surface area contributed by atoms with Gasteiger partial charge in [-0.1, -0.05) is 30.3 Å². The van der Waals surface area contributed by atoms with Gasteiger partial charge in [0, 0.05) is 11.5 Å². The summed E-state index contributed by atoms with van der Waals surface area (Å²) >= 11 is 0. The Balaban J connectivity index is 1.57. The molecule has 1 aliphatic carbocycles. The molecule has 7 nitrogen and oxygen atoms in total. The van der Waals surface area contributed by atoms with Crippen LogP contribution >= 0.6 is 0 Å². The van der Waals surface area contributed by atoms with Crippen LogP contribution in [0.3, 0.4) is 0 Å². The molecule has 0 aliphatic heterocycles. The number of primary amides is 1. The van der Waals surface area contributed by atoms with Gasteiger partial charge in [-0.3, -0.25) is 9.59 Å². The third-order valence-corrected chi connectivity index (χ3v) is 6.27. The molecule has 1 heterocycles. The van der Waals surface area contributed by atoms with E-state index in [1.165, 1.54) is 0 Å². The lowest BCUT2D eigenvalue weighted by Gasteiger charge is -2.28. The first-order valence-electron chi connectivity index (χ1n) is 10.9. The van der Waals surface area contributed by atoms with Gasteiger partial charge in [-0.05, 0) is 68.3 Å². The Kier molecular flexibility index (Phi) is 6.32. The van der Waals surface area contributed by atoms with Crippen molar-refractivity contribution in [3.05, 3.63) is 65.5 Å². The number of imidazole rings is 1. The van der Waals surface area contributed by atoms with Crippen LogP contribution in [0.2, 0.25) is 0 Å². The van der Waals surface area contributed by atoms with Gasteiger partial charge in [-0.25, -0.2) is 4.98 Å². The lowest BCUT2D eigenvalue weighted by molar-refractivity contribution is -0.127. The Bertz CT molecular complexity index is 1050. The highest BCUT2D eigenvalue weighted by atomic mass is 16.2. The first kappa shape index (κ1) is 21.1. The van der Waals surface area contributed by atoms with E-state index in [0.717, 1.165) is 36.8 Å². The van der Waals surface area contributed by atoms with Gasteiger partial charge < -0.3 is 21.8 Å². The van der Waals surface area contributed by atoms with E-state index in [-0.39, 0.29) is 17.9 Å². The van der Waals surface area contributed by atoms with E-state index in [0.29, 0.717) is 35.8 Å². The van der Waals surface area contributed by atoms with Crippen molar-refractivity contribution >= 4 is 22.8 Å². The average molecular weight is 420 g/mol. The summed E-state index contributed by atoms with van der Waals surface area (Å²) in [5.74, 6) is 0.777. The number of hydrogen-bond donors (Lipinski definition) is 4. The SMILES string of the molecule is NCC1CCC(C(=O)NC(Cc2ccccc2)c2nc3cc(C(N)=O)ccc3[nH]2)CC1. The molecule has 3 aromatic rings. The number of carbonyl (C=O) groups is 2. The number of benzene rings is 2. The predicted octanol–water partition coefficient (Wildman–Crippen LogP) is 2.83. The van der Waals surface area contributed by atoms with Crippen LogP contribution in [-0.4, -0.2) is 28.3 Å². The van der Waals surface area contributed by atoms with Crippen molar-refractivity contribution in [3.8, 4) is 0 Å². The zero-order valence-electron chi connectivity index (χ0n) is 17.5. The van der Waals surface area contributed by atoms with Crippen LogP contribution < -0.4 is 16.8 Å². The molecule has 0 bridgehead atoms. The second-order valence-electron chi connectivity index (χ2n) is 8.42. The summed E-state index contributed by atoms with van der Waals surface area (Å²) in [6.45, 7) is 0.692. The maximum atomic E-state index is 13.1. The minimum absolute atomic E-state index is 0.00640. The van der Waals surface area contributed by atoms with Crippen LogP contribution in [0.15, 0.2) is 48.5 Å². The number of amides is 2. The maximum Gasteiger partial charge on any atom is 0.248 e. The summed E-state index contributed by atoms with van der Waals surface area (Å²) in [6, 6.07) is 14.9. The highest BCUT2D eigenvalue weighted by Crippen LogP contribution is 2.29. The molecule has 2 aromatic carbocycles. The number of aromatic nitrogens is 2. The fourth-order valence-corrected chi connectivity index (χ4v) is 4.36. The predicted molar refractivity (Wildman–Crippen MR) is 120 cm³/mol. The molecule has 162 valence electrons. The molecular formula is C24H29N5O2. The molecule has 2 amide bonds. The molecule has 1 saturated carbocycles. The van der Waals surface area contributed by atoms with Gasteiger partial charge in [0.15, 0.2) is 0 Å². The molecule has 0 spiro atoms. The fraction of sp³-hybridized carbons (Fsp3) is 0.375. The summed E-state index contributed by atoms with van der Waals surface area (Å²) in [5.41, 5.74) is 14.2. The van der Waals surface area contributed by atoms with Crippen LogP contribution in [0, 0.1) is 11.8 Å². The maximum absolute atomic E-state index is 13.1. The standard InChI is InChI=1S/C24H29N5O2/c25-14-16-6-8-17(9-7-16)24(31)29-21(12-15-4-2-1-3-5-15)23-27-19-11-10-18(22(26)30)13-20(19)28-23/h1-5,10-11,13,16-17,21H,6-9,12,14,25H2,(H2,26,30)(H,27,28)(H,29,31). The number of carbonyl (C=O) groups excluding carboxylic acids is 2. The topological polar surface area (TPSA) is 127 Å². The molecule has 1 aromatic heterocycles. The summed E-state index contributed by atoms with van der Waals surface area (Å²) < 4.78 is 0. The van der Waals surface area contributed by atoms with Crippen molar-refractivity contribution in [2.75, 3.05) is 6.54 Å². The Morgan fingerprint density at radius 1 is 1.10 bits per heavy atom. The van der Waals surface area contributed by atoms with Crippen molar-refractivity contribution in [2.45, 2.75) is 38.1 Å². The summed E-state index contributed by atoms with van der Waals surface area (Å²) in [7, 11) is 0. The van der Waals surface area contributed by atoms with E-state index in [9.17, 15) is 9.59 Å². The third kappa shape index (κ3) is 4.94. The van der Waals surface area contributed by atoms with Crippen molar-refractivity contribution in [1.29, 1.82) is 0 Å². The normalized spacial score (nSPS) is 19.8. The van der Waals surface area contributed by atoms with Crippen LogP contribution in [0.25, 0.3) is 11.0 Å². The highest BCUT2D eigenvalue weighted by Gasteiger charge is 2.28. The van der Waals surface area contributed by atoms with Gasteiger partial charge in [0.2, 0.25) is 11.8 Å². The molecule has 1 aliphatic rings. The van der Waals surface area contributed by atoms with E-state index in [4.69, 9.17) is 11.5 Å². The minimum atomic E-state index is -0.492. The van der Waals surface area contributed by atoms with E-state index in [1.807, 2.05) is 30.3 Å². The number of rotatable bonds is 7. The van der Waals surface area contributed by atoms with Crippen molar-refractivity contribution in [2.24, 2.45) is 23.3 Å². The lowest BCUT2D eigenvalue weighted by Crippen LogP contribution is -2.37. The average Bonchev–Trinajstić information content (AvgIpc) is 3.22. The Morgan fingerprint density at radius 2 is 1.84 bits per heavy atom. The number of aromatic amines is 1. The second kappa shape index (κ2) is 9.31. The summed E-state index contributed by atoms with van der Waals surface area (Å²) in [6.07, 6.45) is 4.35. The quantitative estimate of drug-likeness (QED) is 0.469. The fourth-order valence-electron chi connectivity index (χ4n) is 4.36. The van der Waals surface area contributed by atoms with Crippen LogP contribution in [-0.2, 0) is 11.2 Å². The number of nitrogens with one attached hydrogen (secondary N) is 2. The molecule has 0 radical (unpaired) electrons. The first-order valence-corrected chi connectivity index (χ1v) is 10.9. The molecule has 1 atom stereocenters. The lowest BCUT2D eigenvalue weighted by atomic mass is 9.81. The van der Waals surface area contributed by atoms with Gasteiger partial charge in [-0.15, -0.1) is 0 Å². The van der Waals surface area contributed by atoms with Gasteiger partial charge in [0.05, 0.1) is 17.1 Å².